The van der Waals surface area contributed by atoms with E-state index in [0.29, 0.717) is 18.4 Å². The number of aryl methyl sites for hydroxylation is 1. The number of hydrogen-bond acceptors (Lipinski definition) is 1. The first-order valence-electron chi connectivity index (χ1n) is 6.20. The minimum atomic E-state index is -4.33. The SMILES string of the molecule is CCn1c(CC(C)O)cc2cc(C(F)(F)F)ccc21. The highest BCUT2D eigenvalue weighted by atomic mass is 19.4. The van der Waals surface area contributed by atoms with Crippen LogP contribution in [0.4, 0.5) is 13.2 Å². The summed E-state index contributed by atoms with van der Waals surface area (Å²) in [6.07, 6.45) is -4.41. The minimum absolute atomic E-state index is 0.434. The molecule has 2 aromatic rings. The van der Waals surface area contributed by atoms with Crippen LogP contribution in [0.5, 0.6) is 0 Å². The molecule has 0 bridgehead atoms. The zero-order chi connectivity index (χ0) is 14.2. The zero-order valence-electron chi connectivity index (χ0n) is 10.8. The summed E-state index contributed by atoms with van der Waals surface area (Å²) >= 11 is 0. The lowest BCUT2D eigenvalue weighted by Crippen LogP contribution is -2.09. The van der Waals surface area contributed by atoms with Crippen molar-refractivity contribution in [2.75, 3.05) is 0 Å². The van der Waals surface area contributed by atoms with Gasteiger partial charge in [0.15, 0.2) is 0 Å². The summed E-state index contributed by atoms with van der Waals surface area (Å²) in [5.74, 6) is 0. The molecule has 2 nitrogen and oxygen atoms in total. The molecular weight excluding hydrogens is 255 g/mol. The van der Waals surface area contributed by atoms with E-state index in [1.54, 1.807) is 13.0 Å². The van der Waals surface area contributed by atoms with Gasteiger partial charge in [-0.3, -0.25) is 0 Å². The standard InChI is InChI=1S/C14H16F3NO/c1-3-18-12(6-9(2)19)8-10-7-11(14(15,16)17)4-5-13(10)18/h4-5,7-9,19H,3,6H2,1-2H3. The lowest BCUT2D eigenvalue weighted by molar-refractivity contribution is -0.137. The Bertz CT molecular complexity index is 584. The van der Waals surface area contributed by atoms with Gasteiger partial charge < -0.3 is 9.67 Å². The van der Waals surface area contributed by atoms with E-state index >= 15 is 0 Å². The molecule has 1 atom stereocenters. The highest BCUT2D eigenvalue weighted by molar-refractivity contribution is 5.82. The summed E-state index contributed by atoms with van der Waals surface area (Å²) in [6, 6.07) is 5.47. The quantitative estimate of drug-likeness (QED) is 0.906. The Morgan fingerprint density at radius 2 is 1.95 bits per heavy atom. The van der Waals surface area contributed by atoms with Crippen LogP contribution in [0.15, 0.2) is 24.3 Å². The first kappa shape index (κ1) is 13.9. The van der Waals surface area contributed by atoms with Gasteiger partial charge in [0.05, 0.1) is 11.7 Å². The van der Waals surface area contributed by atoms with E-state index in [0.717, 1.165) is 23.3 Å². The van der Waals surface area contributed by atoms with Crippen LogP contribution >= 0.6 is 0 Å². The van der Waals surface area contributed by atoms with Crippen LogP contribution in [-0.4, -0.2) is 15.8 Å². The van der Waals surface area contributed by atoms with Crippen molar-refractivity contribution in [3.8, 4) is 0 Å². The number of benzene rings is 1. The normalized spacial score (nSPS) is 14.0. The Hall–Kier alpha value is -1.49. The van der Waals surface area contributed by atoms with Crippen molar-refractivity contribution in [3.05, 3.63) is 35.5 Å². The van der Waals surface area contributed by atoms with Crippen molar-refractivity contribution in [3.63, 3.8) is 0 Å². The Morgan fingerprint density at radius 1 is 1.26 bits per heavy atom. The van der Waals surface area contributed by atoms with Crippen molar-refractivity contribution in [2.24, 2.45) is 0 Å². The van der Waals surface area contributed by atoms with Crippen LogP contribution in [0.1, 0.15) is 25.1 Å². The summed E-state index contributed by atoms with van der Waals surface area (Å²) in [7, 11) is 0. The van der Waals surface area contributed by atoms with Crippen molar-refractivity contribution in [1.29, 1.82) is 0 Å². The fourth-order valence-corrected chi connectivity index (χ4v) is 2.35. The van der Waals surface area contributed by atoms with Gasteiger partial charge in [-0.15, -0.1) is 0 Å². The summed E-state index contributed by atoms with van der Waals surface area (Å²) in [5.41, 5.74) is 0.981. The van der Waals surface area contributed by atoms with Crippen LogP contribution in [0, 0.1) is 0 Å². The average molecular weight is 271 g/mol. The first-order chi connectivity index (χ1) is 8.82. The molecule has 0 saturated carbocycles. The molecule has 104 valence electrons. The maximum atomic E-state index is 12.7. The first-order valence-corrected chi connectivity index (χ1v) is 6.20. The third-order valence-corrected chi connectivity index (χ3v) is 3.14. The number of rotatable bonds is 3. The highest BCUT2D eigenvalue weighted by Crippen LogP contribution is 2.32. The second kappa shape index (κ2) is 4.89. The number of nitrogens with zero attached hydrogens (tertiary/aromatic N) is 1. The molecule has 2 rings (SSSR count). The molecule has 1 N–H and O–H groups in total. The van der Waals surface area contributed by atoms with Gasteiger partial charge in [0.1, 0.15) is 0 Å². The van der Waals surface area contributed by atoms with E-state index in [2.05, 4.69) is 0 Å². The molecular formula is C14H16F3NO. The number of halogens is 3. The molecule has 0 fully saturated rings. The molecule has 0 amide bonds. The largest absolute Gasteiger partial charge is 0.416 e. The monoisotopic (exact) mass is 271 g/mol. The van der Waals surface area contributed by atoms with E-state index in [9.17, 15) is 18.3 Å². The molecule has 0 saturated heterocycles. The molecule has 1 unspecified atom stereocenters. The van der Waals surface area contributed by atoms with Gasteiger partial charge in [-0.2, -0.15) is 13.2 Å². The molecule has 1 aromatic heterocycles. The summed E-state index contributed by atoms with van der Waals surface area (Å²) in [6.45, 7) is 4.26. The van der Waals surface area contributed by atoms with Crippen molar-refractivity contribution >= 4 is 10.9 Å². The summed E-state index contributed by atoms with van der Waals surface area (Å²) in [4.78, 5) is 0. The van der Waals surface area contributed by atoms with Crippen LogP contribution in [0.25, 0.3) is 10.9 Å². The second-order valence-electron chi connectivity index (χ2n) is 4.70. The van der Waals surface area contributed by atoms with Gasteiger partial charge in [0, 0.05) is 29.6 Å². The van der Waals surface area contributed by atoms with Gasteiger partial charge >= 0.3 is 6.18 Å². The zero-order valence-corrected chi connectivity index (χ0v) is 10.8. The Morgan fingerprint density at radius 3 is 2.47 bits per heavy atom. The van der Waals surface area contributed by atoms with Crippen LogP contribution < -0.4 is 0 Å². The van der Waals surface area contributed by atoms with Gasteiger partial charge in [-0.25, -0.2) is 0 Å². The minimum Gasteiger partial charge on any atom is -0.393 e. The third kappa shape index (κ3) is 2.76. The molecule has 5 heteroatoms. The number of aromatic nitrogens is 1. The summed E-state index contributed by atoms with van der Waals surface area (Å²) in [5, 5.41) is 10.0. The topological polar surface area (TPSA) is 25.2 Å². The summed E-state index contributed by atoms with van der Waals surface area (Å²) < 4.78 is 39.9. The van der Waals surface area contributed by atoms with Crippen LogP contribution in [-0.2, 0) is 19.1 Å². The molecule has 19 heavy (non-hydrogen) atoms. The fraction of sp³-hybridized carbons (Fsp3) is 0.429. The van der Waals surface area contributed by atoms with Gasteiger partial charge in [-0.1, -0.05) is 0 Å². The average Bonchev–Trinajstić information content (AvgIpc) is 2.62. The predicted molar refractivity (Wildman–Crippen MR) is 68.0 cm³/mol. The Balaban J connectivity index is 2.56. The van der Waals surface area contributed by atoms with Crippen molar-refractivity contribution < 1.29 is 18.3 Å². The number of fused-ring (bicyclic) bond motifs is 1. The predicted octanol–water partition coefficient (Wildman–Crippen LogP) is 3.60. The number of hydrogen-bond donors (Lipinski definition) is 1. The molecule has 0 aliphatic rings. The number of aliphatic hydroxyl groups is 1. The van der Waals surface area contributed by atoms with Crippen LogP contribution in [0.2, 0.25) is 0 Å². The lowest BCUT2D eigenvalue weighted by atomic mass is 10.1. The highest BCUT2D eigenvalue weighted by Gasteiger charge is 2.30. The van der Waals surface area contributed by atoms with E-state index < -0.39 is 17.8 Å². The lowest BCUT2D eigenvalue weighted by Gasteiger charge is -2.10. The van der Waals surface area contributed by atoms with Crippen LogP contribution in [0.3, 0.4) is 0 Å². The second-order valence-corrected chi connectivity index (χ2v) is 4.70. The maximum Gasteiger partial charge on any atom is 0.416 e. The van der Waals surface area contributed by atoms with E-state index in [1.165, 1.54) is 6.07 Å². The van der Waals surface area contributed by atoms with Gasteiger partial charge in [0.2, 0.25) is 0 Å². The molecule has 0 spiro atoms. The van der Waals surface area contributed by atoms with Gasteiger partial charge in [0.25, 0.3) is 0 Å². The third-order valence-electron chi connectivity index (χ3n) is 3.14. The molecule has 1 aromatic carbocycles. The molecule has 0 aliphatic carbocycles. The van der Waals surface area contributed by atoms with E-state index in [4.69, 9.17) is 0 Å². The molecule has 1 heterocycles. The smallest absolute Gasteiger partial charge is 0.393 e. The van der Waals surface area contributed by atoms with Crippen molar-refractivity contribution in [1.82, 2.24) is 4.57 Å². The van der Waals surface area contributed by atoms with E-state index in [1.807, 2.05) is 11.5 Å². The number of alkyl halides is 3. The van der Waals surface area contributed by atoms with Crippen molar-refractivity contribution in [2.45, 2.75) is 39.1 Å². The maximum absolute atomic E-state index is 12.7. The fourth-order valence-electron chi connectivity index (χ4n) is 2.35. The molecule has 0 radical (unpaired) electrons. The number of aliphatic hydroxyl groups excluding tert-OH is 1. The molecule has 0 aliphatic heterocycles. The van der Waals surface area contributed by atoms with Gasteiger partial charge in [-0.05, 0) is 38.1 Å². The van der Waals surface area contributed by atoms with E-state index in [-0.39, 0.29) is 0 Å². The Labute approximate surface area is 109 Å². The Kier molecular flexibility index (Phi) is 3.58.